The minimum absolute atomic E-state index is 0.0408. The molecular weight excluding hydrogens is 198 g/mol. The molecule has 2 aliphatic rings. The molecule has 2 aliphatic carbocycles. The fourth-order valence-corrected chi connectivity index (χ4v) is 3.25. The van der Waals surface area contributed by atoms with E-state index in [9.17, 15) is 0 Å². The van der Waals surface area contributed by atoms with Gasteiger partial charge in [-0.3, -0.25) is 0 Å². The fraction of sp³-hybridized carbons (Fsp3) is 1.00. The van der Waals surface area contributed by atoms with Gasteiger partial charge in [0, 0.05) is 6.54 Å². The summed E-state index contributed by atoms with van der Waals surface area (Å²) in [5.41, 5.74) is 6.01. The third-order valence-electron chi connectivity index (χ3n) is 4.49. The number of hydrogen-bond donors (Lipinski definition) is 1. The van der Waals surface area contributed by atoms with Gasteiger partial charge in [-0.25, -0.2) is 0 Å². The predicted molar refractivity (Wildman–Crippen MR) is 67.4 cm³/mol. The van der Waals surface area contributed by atoms with Crippen LogP contribution in [0.15, 0.2) is 0 Å². The van der Waals surface area contributed by atoms with E-state index in [-0.39, 0.29) is 5.60 Å². The number of rotatable bonds is 4. The third kappa shape index (κ3) is 3.21. The Labute approximate surface area is 99.9 Å². The van der Waals surface area contributed by atoms with Crippen molar-refractivity contribution in [2.24, 2.45) is 11.7 Å². The van der Waals surface area contributed by atoms with Crippen LogP contribution in [-0.2, 0) is 4.74 Å². The Morgan fingerprint density at radius 3 is 2.12 bits per heavy atom. The summed E-state index contributed by atoms with van der Waals surface area (Å²) in [6.45, 7) is 1.69. The Balaban J connectivity index is 1.81. The summed E-state index contributed by atoms with van der Waals surface area (Å²) in [5.74, 6) is 0.826. The van der Waals surface area contributed by atoms with Crippen LogP contribution in [0.3, 0.4) is 0 Å². The number of nitrogens with two attached hydrogens (primary N) is 1. The second kappa shape index (κ2) is 6.02. The molecule has 0 saturated heterocycles. The monoisotopic (exact) mass is 225 g/mol. The normalized spacial score (nSPS) is 26.8. The number of hydrogen-bond acceptors (Lipinski definition) is 2. The Hall–Kier alpha value is -0.0800. The van der Waals surface area contributed by atoms with E-state index in [4.69, 9.17) is 10.5 Å². The lowest BCUT2D eigenvalue weighted by Crippen LogP contribution is -2.41. The fourth-order valence-electron chi connectivity index (χ4n) is 3.25. The van der Waals surface area contributed by atoms with Gasteiger partial charge in [-0.05, 0) is 31.6 Å². The first-order valence-electron chi connectivity index (χ1n) is 7.19. The highest BCUT2D eigenvalue weighted by Gasteiger charge is 2.31. The van der Waals surface area contributed by atoms with Crippen molar-refractivity contribution in [3.05, 3.63) is 0 Å². The SMILES string of the molecule is NCC1(OCC2CCCC2)CCCCCC1. The molecule has 0 aliphatic heterocycles. The summed E-state index contributed by atoms with van der Waals surface area (Å²) >= 11 is 0. The summed E-state index contributed by atoms with van der Waals surface area (Å²) in [6, 6.07) is 0. The molecule has 0 atom stereocenters. The third-order valence-corrected chi connectivity index (χ3v) is 4.49. The first kappa shape index (κ1) is 12.4. The maximum atomic E-state index is 6.26. The number of ether oxygens (including phenoxy) is 1. The van der Waals surface area contributed by atoms with Gasteiger partial charge in [-0.1, -0.05) is 38.5 Å². The van der Waals surface area contributed by atoms with Gasteiger partial charge in [-0.2, -0.15) is 0 Å². The van der Waals surface area contributed by atoms with Crippen LogP contribution < -0.4 is 5.73 Å². The van der Waals surface area contributed by atoms with Crippen LogP contribution in [0.1, 0.15) is 64.2 Å². The second-order valence-corrected chi connectivity index (χ2v) is 5.76. The molecule has 0 radical (unpaired) electrons. The van der Waals surface area contributed by atoms with Gasteiger partial charge in [0.15, 0.2) is 0 Å². The van der Waals surface area contributed by atoms with Crippen LogP contribution in [-0.4, -0.2) is 18.8 Å². The van der Waals surface area contributed by atoms with E-state index in [1.807, 2.05) is 0 Å². The van der Waals surface area contributed by atoms with Crippen LogP contribution in [0.5, 0.6) is 0 Å². The van der Waals surface area contributed by atoms with Gasteiger partial charge < -0.3 is 10.5 Å². The van der Waals surface area contributed by atoms with E-state index in [2.05, 4.69) is 0 Å². The zero-order chi connectivity index (χ0) is 11.3. The Bertz CT molecular complexity index is 191. The molecule has 2 N–H and O–H groups in total. The Morgan fingerprint density at radius 2 is 1.56 bits per heavy atom. The highest BCUT2D eigenvalue weighted by molar-refractivity contribution is 4.85. The molecule has 94 valence electrons. The molecule has 0 aromatic rings. The van der Waals surface area contributed by atoms with Gasteiger partial charge in [-0.15, -0.1) is 0 Å². The topological polar surface area (TPSA) is 35.2 Å². The van der Waals surface area contributed by atoms with E-state index >= 15 is 0 Å². The maximum absolute atomic E-state index is 6.26. The summed E-state index contributed by atoms with van der Waals surface area (Å²) < 4.78 is 6.26. The minimum Gasteiger partial charge on any atom is -0.373 e. The molecule has 16 heavy (non-hydrogen) atoms. The van der Waals surface area contributed by atoms with Crippen molar-refractivity contribution in [1.82, 2.24) is 0 Å². The minimum atomic E-state index is 0.0408. The first-order chi connectivity index (χ1) is 7.85. The molecule has 0 spiro atoms. The van der Waals surface area contributed by atoms with Crippen molar-refractivity contribution < 1.29 is 4.74 Å². The van der Waals surface area contributed by atoms with Crippen molar-refractivity contribution >= 4 is 0 Å². The second-order valence-electron chi connectivity index (χ2n) is 5.76. The van der Waals surface area contributed by atoms with Crippen LogP contribution >= 0.6 is 0 Å². The van der Waals surface area contributed by atoms with E-state index in [1.54, 1.807) is 0 Å². The summed E-state index contributed by atoms with van der Waals surface area (Å²) in [7, 11) is 0. The average molecular weight is 225 g/mol. The molecule has 0 aromatic heterocycles. The van der Waals surface area contributed by atoms with Crippen LogP contribution in [0.4, 0.5) is 0 Å². The quantitative estimate of drug-likeness (QED) is 0.745. The molecule has 2 nitrogen and oxygen atoms in total. The Kier molecular flexibility index (Phi) is 4.66. The standard InChI is InChI=1S/C14H27NO/c15-12-14(9-5-1-2-6-10-14)16-11-13-7-3-4-8-13/h13H,1-12,15H2. The molecule has 0 amide bonds. The maximum Gasteiger partial charge on any atom is 0.0804 e. The molecule has 2 rings (SSSR count). The van der Waals surface area contributed by atoms with Crippen LogP contribution in [0.25, 0.3) is 0 Å². The van der Waals surface area contributed by atoms with Crippen LogP contribution in [0, 0.1) is 5.92 Å². The van der Waals surface area contributed by atoms with Gasteiger partial charge >= 0.3 is 0 Å². The van der Waals surface area contributed by atoms with Gasteiger partial charge in [0.05, 0.1) is 12.2 Å². The van der Waals surface area contributed by atoms with Gasteiger partial charge in [0.2, 0.25) is 0 Å². The molecule has 0 bridgehead atoms. The van der Waals surface area contributed by atoms with E-state index in [1.165, 1.54) is 64.2 Å². The van der Waals surface area contributed by atoms with Gasteiger partial charge in [0.25, 0.3) is 0 Å². The summed E-state index contributed by atoms with van der Waals surface area (Å²) in [4.78, 5) is 0. The molecular formula is C14H27NO. The van der Waals surface area contributed by atoms with Crippen molar-refractivity contribution in [2.75, 3.05) is 13.2 Å². The lowest BCUT2D eigenvalue weighted by Gasteiger charge is -2.33. The lowest BCUT2D eigenvalue weighted by molar-refractivity contribution is -0.0635. The van der Waals surface area contributed by atoms with Crippen molar-refractivity contribution in [2.45, 2.75) is 69.8 Å². The molecule has 2 saturated carbocycles. The van der Waals surface area contributed by atoms with Crippen molar-refractivity contribution in [1.29, 1.82) is 0 Å². The van der Waals surface area contributed by atoms with Crippen LogP contribution in [0.2, 0.25) is 0 Å². The highest BCUT2D eigenvalue weighted by atomic mass is 16.5. The van der Waals surface area contributed by atoms with E-state index < -0.39 is 0 Å². The summed E-state index contributed by atoms with van der Waals surface area (Å²) in [5, 5.41) is 0. The lowest BCUT2D eigenvalue weighted by atomic mass is 9.94. The summed E-state index contributed by atoms with van der Waals surface area (Å²) in [6.07, 6.45) is 13.3. The first-order valence-corrected chi connectivity index (χ1v) is 7.19. The molecule has 0 heterocycles. The smallest absolute Gasteiger partial charge is 0.0804 e. The molecule has 0 aromatic carbocycles. The van der Waals surface area contributed by atoms with Crippen molar-refractivity contribution in [3.63, 3.8) is 0 Å². The molecule has 0 unspecified atom stereocenters. The molecule has 2 fully saturated rings. The predicted octanol–water partition coefficient (Wildman–Crippen LogP) is 3.24. The van der Waals surface area contributed by atoms with Crippen molar-refractivity contribution in [3.8, 4) is 0 Å². The zero-order valence-electron chi connectivity index (χ0n) is 10.5. The highest BCUT2D eigenvalue weighted by Crippen LogP contribution is 2.32. The van der Waals surface area contributed by atoms with Gasteiger partial charge in [0.1, 0.15) is 0 Å². The van der Waals surface area contributed by atoms with E-state index in [0.717, 1.165) is 19.1 Å². The largest absolute Gasteiger partial charge is 0.373 e. The average Bonchev–Trinajstić information content (AvgIpc) is 2.72. The Morgan fingerprint density at radius 1 is 0.938 bits per heavy atom. The zero-order valence-corrected chi connectivity index (χ0v) is 10.5. The van der Waals surface area contributed by atoms with E-state index in [0.29, 0.717) is 0 Å². The molecule has 2 heteroatoms.